The Labute approximate surface area is 66.2 Å². The Balaban J connectivity index is 2.45. The second kappa shape index (κ2) is 3.64. The highest BCUT2D eigenvalue weighted by atomic mass is 16.5. The van der Waals surface area contributed by atoms with Crippen LogP contribution in [0.1, 0.15) is 12.8 Å². The van der Waals surface area contributed by atoms with Crippen molar-refractivity contribution in [3.63, 3.8) is 0 Å². The lowest BCUT2D eigenvalue weighted by atomic mass is 10.1. The van der Waals surface area contributed by atoms with Gasteiger partial charge in [0.05, 0.1) is 0 Å². The maximum Gasteiger partial charge on any atom is 0.166 e. The van der Waals surface area contributed by atoms with E-state index in [9.17, 15) is 4.79 Å². The number of ether oxygens (including phenoxy) is 1. The van der Waals surface area contributed by atoms with Gasteiger partial charge in [-0.2, -0.15) is 0 Å². The predicted molar refractivity (Wildman–Crippen MR) is 42.2 cm³/mol. The smallest absolute Gasteiger partial charge is 0.166 e. The average Bonchev–Trinajstić information content (AvgIpc) is 2.36. The first-order valence-electron chi connectivity index (χ1n) is 3.76. The Morgan fingerprint density at radius 3 is 3.00 bits per heavy atom. The highest BCUT2D eigenvalue weighted by Gasteiger charge is 2.29. The number of ketones is 1. The summed E-state index contributed by atoms with van der Waals surface area (Å²) in [4.78, 5) is 11.2. The summed E-state index contributed by atoms with van der Waals surface area (Å²) in [5.41, 5.74) is 5.63. The summed E-state index contributed by atoms with van der Waals surface area (Å²) in [6.07, 6.45) is 2.34. The molecule has 1 rings (SSSR count). The topological polar surface area (TPSA) is 52.3 Å². The Kier molecular flexibility index (Phi) is 2.79. The molecule has 0 aromatic carbocycles. The number of hydrogen-bond donors (Lipinski definition) is 1. The molecule has 1 aliphatic heterocycles. The van der Waals surface area contributed by atoms with E-state index in [0.29, 0.717) is 13.0 Å². The van der Waals surface area contributed by atoms with Crippen LogP contribution in [0.5, 0.6) is 0 Å². The molecule has 3 heteroatoms. The lowest BCUT2D eigenvalue weighted by Crippen LogP contribution is -2.36. The maximum atomic E-state index is 11.2. The normalized spacial score (nSPS) is 30.3. The van der Waals surface area contributed by atoms with Gasteiger partial charge in [0.1, 0.15) is 6.10 Å². The van der Waals surface area contributed by atoms with E-state index < -0.39 is 0 Å². The molecule has 2 N–H and O–H groups in total. The number of carbonyl (C=O) groups is 1. The second-order valence-electron chi connectivity index (χ2n) is 2.70. The zero-order chi connectivity index (χ0) is 8.27. The molecule has 0 bridgehead atoms. The van der Waals surface area contributed by atoms with E-state index in [1.807, 2.05) is 0 Å². The molecule has 2 unspecified atom stereocenters. The molecule has 11 heavy (non-hydrogen) atoms. The molecule has 0 spiro atoms. The van der Waals surface area contributed by atoms with Gasteiger partial charge in [-0.05, 0) is 6.42 Å². The van der Waals surface area contributed by atoms with Crippen molar-refractivity contribution in [1.82, 2.24) is 0 Å². The fourth-order valence-electron chi connectivity index (χ4n) is 1.20. The first-order valence-corrected chi connectivity index (χ1v) is 3.76. The molecular formula is C8H13NO2. The summed E-state index contributed by atoms with van der Waals surface area (Å²) in [6.45, 7) is 4.09. The van der Waals surface area contributed by atoms with Crippen LogP contribution < -0.4 is 5.73 Å². The van der Waals surface area contributed by atoms with E-state index in [4.69, 9.17) is 10.5 Å². The molecule has 1 fully saturated rings. The van der Waals surface area contributed by atoms with Gasteiger partial charge < -0.3 is 10.5 Å². The average molecular weight is 155 g/mol. The van der Waals surface area contributed by atoms with Crippen LogP contribution in [0, 0.1) is 0 Å². The largest absolute Gasteiger partial charge is 0.369 e. The Bertz CT molecular complexity index is 167. The summed E-state index contributed by atoms with van der Waals surface area (Å²) in [5, 5.41) is 0. The summed E-state index contributed by atoms with van der Waals surface area (Å²) in [6, 6.07) is -0.109. The minimum atomic E-state index is -0.381. The van der Waals surface area contributed by atoms with Crippen molar-refractivity contribution in [3.8, 4) is 0 Å². The van der Waals surface area contributed by atoms with Gasteiger partial charge in [-0.15, -0.1) is 6.58 Å². The Morgan fingerprint density at radius 2 is 2.55 bits per heavy atom. The van der Waals surface area contributed by atoms with Gasteiger partial charge in [-0.1, -0.05) is 6.08 Å². The highest BCUT2D eigenvalue weighted by molar-refractivity contribution is 5.85. The molecule has 1 heterocycles. The van der Waals surface area contributed by atoms with Crippen LogP contribution in [0.25, 0.3) is 0 Å². The summed E-state index contributed by atoms with van der Waals surface area (Å²) in [5.74, 6) is 0.0463. The molecule has 0 aromatic heterocycles. The van der Waals surface area contributed by atoms with Crippen molar-refractivity contribution in [1.29, 1.82) is 0 Å². The van der Waals surface area contributed by atoms with Crippen molar-refractivity contribution < 1.29 is 9.53 Å². The summed E-state index contributed by atoms with van der Waals surface area (Å²) < 4.78 is 5.16. The van der Waals surface area contributed by atoms with Gasteiger partial charge >= 0.3 is 0 Å². The number of Topliss-reactive ketones (excluding diaryl/α,β-unsaturated/α-hetero) is 1. The predicted octanol–water partition coefficient (Wildman–Crippen LogP) is 0.248. The van der Waals surface area contributed by atoms with Gasteiger partial charge in [0.2, 0.25) is 0 Å². The summed E-state index contributed by atoms with van der Waals surface area (Å²) >= 11 is 0. The molecule has 2 atom stereocenters. The second-order valence-corrected chi connectivity index (χ2v) is 2.70. The zero-order valence-electron chi connectivity index (χ0n) is 6.45. The standard InChI is InChI=1S/C8H13NO2/c1-2-3-7(10)8-6(9)4-5-11-8/h2,6,8H,1,3-5,9H2. The SMILES string of the molecule is C=CCC(=O)C1OCCC1N. The molecule has 1 aliphatic rings. The molecule has 0 radical (unpaired) electrons. The molecule has 0 aromatic rings. The van der Waals surface area contributed by atoms with Crippen LogP contribution in [0.3, 0.4) is 0 Å². The van der Waals surface area contributed by atoms with Crippen molar-refractivity contribution in [3.05, 3.63) is 12.7 Å². The monoisotopic (exact) mass is 155 g/mol. The number of allylic oxidation sites excluding steroid dienone is 1. The Morgan fingerprint density at radius 1 is 1.82 bits per heavy atom. The third kappa shape index (κ3) is 1.88. The van der Waals surface area contributed by atoms with Gasteiger partial charge in [0.15, 0.2) is 5.78 Å². The van der Waals surface area contributed by atoms with Gasteiger partial charge in [-0.3, -0.25) is 4.79 Å². The molecule has 1 saturated heterocycles. The third-order valence-electron chi connectivity index (χ3n) is 1.80. The van der Waals surface area contributed by atoms with Crippen molar-refractivity contribution in [2.45, 2.75) is 25.0 Å². The van der Waals surface area contributed by atoms with Gasteiger partial charge in [-0.25, -0.2) is 0 Å². The molecule has 62 valence electrons. The van der Waals surface area contributed by atoms with Gasteiger partial charge in [0.25, 0.3) is 0 Å². The van der Waals surface area contributed by atoms with E-state index in [1.165, 1.54) is 0 Å². The van der Waals surface area contributed by atoms with Crippen LogP contribution in [-0.4, -0.2) is 24.5 Å². The van der Waals surface area contributed by atoms with Gasteiger partial charge in [0, 0.05) is 19.1 Å². The molecule has 0 saturated carbocycles. The number of carbonyl (C=O) groups excluding carboxylic acids is 1. The zero-order valence-corrected chi connectivity index (χ0v) is 6.45. The van der Waals surface area contributed by atoms with E-state index in [1.54, 1.807) is 6.08 Å². The highest BCUT2D eigenvalue weighted by Crippen LogP contribution is 2.13. The minimum absolute atomic E-state index is 0.0463. The number of hydrogen-bond acceptors (Lipinski definition) is 3. The maximum absolute atomic E-state index is 11.2. The quantitative estimate of drug-likeness (QED) is 0.594. The third-order valence-corrected chi connectivity index (χ3v) is 1.80. The van der Waals surface area contributed by atoms with Crippen molar-refractivity contribution in [2.24, 2.45) is 5.73 Å². The molecular weight excluding hydrogens is 142 g/mol. The van der Waals surface area contributed by atoms with Crippen LogP contribution >= 0.6 is 0 Å². The van der Waals surface area contributed by atoms with E-state index in [0.717, 1.165) is 6.42 Å². The Hall–Kier alpha value is -0.670. The first-order chi connectivity index (χ1) is 5.25. The molecule has 3 nitrogen and oxygen atoms in total. The van der Waals surface area contributed by atoms with E-state index >= 15 is 0 Å². The molecule has 0 aliphatic carbocycles. The van der Waals surface area contributed by atoms with E-state index in [-0.39, 0.29) is 17.9 Å². The fourth-order valence-corrected chi connectivity index (χ4v) is 1.20. The lowest BCUT2D eigenvalue weighted by molar-refractivity contribution is -0.127. The van der Waals surface area contributed by atoms with Crippen LogP contribution in [0.2, 0.25) is 0 Å². The first kappa shape index (κ1) is 8.43. The fraction of sp³-hybridized carbons (Fsp3) is 0.625. The molecule has 0 amide bonds. The van der Waals surface area contributed by atoms with Crippen LogP contribution in [0.15, 0.2) is 12.7 Å². The summed E-state index contributed by atoms with van der Waals surface area (Å²) in [7, 11) is 0. The van der Waals surface area contributed by atoms with Crippen LogP contribution in [-0.2, 0) is 9.53 Å². The van der Waals surface area contributed by atoms with Crippen LogP contribution in [0.4, 0.5) is 0 Å². The number of rotatable bonds is 3. The lowest BCUT2D eigenvalue weighted by Gasteiger charge is -2.11. The van der Waals surface area contributed by atoms with Crippen molar-refractivity contribution in [2.75, 3.05) is 6.61 Å². The minimum Gasteiger partial charge on any atom is -0.369 e. The van der Waals surface area contributed by atoms with Crippen molar-refractivity contribution >= 4 is 5.78 Å². The van der Waals surface area contributed by atoms with E-state index in [2.05, 4.69) is 6.58 Å². The number of nitrogens with two attached hydrogens (primary N) is 1.